The minimum atomic E-state index is 0.284. The average Bonchev–Trinajstić information content (AvgIpc) is 2.50. The Morgan fingerprint density at radius 1 is 1.54 bits per heavy atom. The van der Waals surface area contributed by atoms with Gasteiger partial charge in [-0.25, -0.2) is 0 Å². The molecule has 0 fully saturated rings. The second kappa shape index (κ2) is 4.56. The molecule has 0 N–H and O–H groups in total. The average molecular weight is 196 g/mol. The SMILES string of the molecule is CC(=O)CC(c1cccs1)C(C)C. The van der Waals surface area contributed by atoms with Crippen LogP contribution in [0.1, 0.15) is 38.0 Å². The van der Waals surface area contributed by atoms with E-state index in [0.29, 0.717) is 18.3 Å². The normalized spacial score (nSPS) is 13.2. The zero-order chi connectivity index (χ0) is 9.84. The molecule has 0 aliphatic heterocycles. The van der Waals surface area contributed by atoms with Crippen molar-refractivity contribution in [2.24, 2.45) is 5.92 Å². The highest BCUT2D eigenvalue weighted by Crippen LogP contribution is 2.31. The van der Waals surface area contributed by atoms with Crippen LogP contribution in [0.5, 0.6) is 0 Å². The number of ketones is 1. The Morgan fingerprint density at radius 2 is 2.23 bits per heavy atom. The molecule has 0 amide bonds. The number of carbonyl (C=O) groups excluding carboxylic acids is 1. The molecule has 0 saturated heterocycles. The molecule has 0 bridgehead atoms. The van der Waals surface area contributed by atoms with Gasteiger partial charge < -0.3 is 4.79 Å². The van der Waals surface area contributed by atoms with E-state index in [9.17, 15) is 4.79 Å². The van der Waals surface area contributed by atoms with E-state index in [-0.39, 0.29) is 5.78 Å². The zero-order valence-corrected chi connectivity index (χ0v) is 9.23. The Morgan fingerprint density at radius 3 is 2.62 bits per heavy atom. The van der Waals surface area contributed by atoms with Crippen LogP contribution in [-0.2, 0) is 4.79 Å². The molecule has 1 nitrogen and oxygen atoms in total. The lowest BCUT2D eigenvalue weighted by atomic mass is 9.90. The third kappa shape index (κ3) is 2.96. The fourth-order valence-corrected chi connectivity index (χ4v) is 2.48. The van der Waals surface area contributed by atoms with E-state index in [1.54, 1.807) is 18.3 Å². The van der Waals surface area contributed by atoms with Crippen molar-refractivity contribution in [3.8, 4) is 0 Å². The molecular weight excluding hydrogens is 180 g/mol. The molecule has 0 aromatic carbocycles. The lowest BCUT2D eigenvalue weighted by molar-refractivity contribution is -0.117. The maximum Gasteiger partial charge on any atom is 0.130 e. The summed E-state index contributed by atoms with van der Waals surface area (Å²) in [6.45, 7) is 6.02. The van der Waals surface area contributed by atoms with Crippen molar-refractivity contribution in [3.05, 3.63) is 22.4 Å². The van der Waals surface area contributed by atoms with Crippen molar-refractivity contribution in [2.75, 3.05) is 0 Å². The maximum atomic E-state index is 11.1. The number of Topliss-reactive ketones (excluding diaryl/α,β-unsaturated/α-hetero) is 1. The van der Waals surface area contributed by atoms with Crippen LogP contribution in [0, 0.1) is 5.92 Å². The van der Waals surface area contributed by atoms with Gasteiger partial charge in [-0.3, -0.25) is 0 Å². The summed E-state index contributed by atoms with van der Waals surface area (Å²) in [5.74, 6) is 1.24. The van der Waals surface area contributed by atoms with E-state index in [1.807, 2.05) is 0 Å². The summed E-state index contributed by atoms with van der Waals surface area (Å²) in [7, 11) is 0. The largest absolute Gasteiger partial charge is 0.300 e. The Hall–Kier alpha value is -0.630. The fraction of sp³-hybridized carbons (Fsp3) is 0.545. The Labute approximate surface area is 83.8 Å². The predicted molar refractivity (Wildman–Crippen MR) is 57.2 cm³/mol. The molecule has 1 atom stereocenters. The number of hydrogen-bond acceptors (Lipinski definition) is 2. The molecule has 0 aliphatic carbocycles. The van der Waals surface area contributed by atoms with Crippen LogP contribution in [0.4, 0.5) is 0 Å². The van der Waals surface area contributed by atoms with Gasteiger partial charge in [0.05, 0.1) is 0 Å². The third-order valence-electron chi connectivity index (χ3n) is 2.22. The van der Waals surface area contributed by atoms with Crippen LogP contribution in [-0.4, -0.2) is 5.78 Å². The van der Waals surface area contributed by atoms with Crippen molar-refractivity contribution in [3.63, 3.8) is 0 Å². The van der Waals surface area contributed by atoms with Gasteiger partial charge in [0.25, 0.3) is 0 Å². The van der Waals surface area contributed by atoms with Gasteiger partial charge in [0.1, 0.15) is 5.78 Å². The molecular formula is C11H16OS. The standard InChI is InChI=1S/C11H16OS/c1-8(2)10(7-9(3)12)11-5-4-6-13-11/h4-6,8,10H,7H2,1-3H3. The number of hydrogen-bond donors (Lipinski definition) is 0. The molecule has 72 valence electrons. The van der Waals surface area contributed by atoms with Crippen molar-refractivity contribution in [2.45, 2.75) is 33.1 Å². The maximum absolute atomic E-state index is 11.1. The first kappa shape index (κ1) is 10.5. The van der Waals surface area contributed by atoms with Crippen LogP contribution in [0.25, 0.3) is 0 Å². The summed E-state index contributed by atoms with van der Waals surface area (Å²) in [4.78, 5) is 12.4. The summed E-state index contributed by atoms with van der Waals surface area (Å²) in [6, 6.07) is 4.17. The molecule has 1 heterocycles. The van der Waals surface area contributed by atoms with E-state index in [4.69, 9.17) is 0 Å². The number of thiophene rings is 1. The Kier molecular flexibility index (Phi) is 3.67. The van der Waals surface area contributed by atoms with Crippen molar-refractivity contribution >= 4 is 17.1 Å². The molecule has 0 radical (unpaired) electrons. The van der Waals surface area contributed by atoms with Crippen LogP contribution in [0.2, 0.25) is 0 Å². The lowest BCUT2D eigenvalue weighted by Gasteiger charge is -2.17. The molecule has 2 heteroatoms. The first-order valence-electron chi connectivity index (χ1n) is 4.64. The van der Waals surface area contributed by atoms with Gasteiger partial charge in [-0.15, -0.1) is 11.3 Å². The van der Waals surface area contributed by atoms with E-state index in [0.717, 1.165) is 0 Å². The molecule has 13 heavy (non-hydrogen) atoms. The van der Waals surface area contributed by atoms with Crippen molar-refractivity contribution in [1.82, 2.24) is 0 Å². The topological polar surface area (TPSA) is 17.1 Å². The fourth-order valence-electron chi connectivity index (χ4n) is 1.48. The van der Waals surface area contributed by atoms with Crippen molar-refractivity contribution < 1.29 is 4.79 Å². The molecule has 1 aromatic rings. The second-order valence-corrected chi connectivity index (χ2v) is 4.75. The van der Waals surface area contributed by atoms with E-state index >= 15 is 0 Å². The molecule has 1 rings (SSSR count). The molecule has 0 saturated carbocycles. The van der Waals surface area contributed by atoms with Gasteiger partial charge in [0.15, 0.2) is 0 Å². The predicted octanol–water partition coefficient (Wildman–Crippen LogP) is 3.47. The second-order valence-electron chi connectivity index (χ2n) is 3.77. The van der Waals surface area contributed by atoms with Gasteiger partial charge in [0, 0.05) is 17.2 Å². The third-order valence-corrected chi connectivity index (χ3v) is 3.22. The van der Waals surface area contributed by atoms with Gasteiger partial charge in [-0.05, 0) is 24.3 Å². The number of rotatable bonds is 4. The Balaban J connectivity index is 2.74. The highest BCUT2D eigenvalue weighted by atomic mass is 32.1. The van der Waals surface area contributed by atoms with Crippen LogP contribution in [0.3, 0.4) is 0 Å². The van der Waals surface area contributed by atoms with Crippen LogP contribution in [0.15, 0.2) is 17.5 Å². The minimum absolute atomic E-state index is 0.284. The molecule has 0 aliphatic rings. The molecule has 0 spiro atoms. The molecule has 1 aromatic heterocycles. The lowest BCUT2D eigenvalue weighted by Crippen LogP contribution is -2.09. The van der Waals surface area contributed by atoms with Crippen LogP contribution >= 0.6 is 11.3 Å². The quantitative estimate of drug-likeness (QED) is 0.720. The van der Waals surface area contributed by atoms with E-state index < -0.39 is 0 Å². The van der Waals surface area contributed by atoms with E-state index in [2.05, 4.69) is 31.4 Å². The summed E-state index contributed by atoms with van der Waals surface area (Å²) < 4.78 is 0. The monoisotopic (exact) mass is 196 g/mol. The highest BCUT2D eigenvalue weighted by molar-refractivity contribution is 7.10. The zero-order valence-electron chi connectivity index (χ0n) is 8.41. The first-order chi connectivity index (χ1) is 6.11. The Bertz CT molecular complexity index is 262. The number of carbonyl (C=O) groups is 1. The van der Waals surface area contributed by atoms with Crippen molar-refractivity contribution in [1.29, 1.82) is 0 Å². The van der Waals surface area contributed by atoms with Gasteiger partial charge >= 0.3 is 0 Å². The van der Waals surface area contributed by atoms with Gasteiger partial charge in [0.2, 0.25) is 0 Å². The van der Waals surface area contributed by atoms with Gasteiger partial charge in [-0.1, -0.05) is 19.9 Å². The summed E-state index contributed by atoms with van der Waals surface area (Å²) in [6.07, 6.45) is 0.679. The molecule has 1 unspecified atom stereocenters. The van der Waals surface area contributed by atoms with E-state index in [1.165, 1.54) is 4.88 Å². The summed E-state index contributed by atoms with van der Waals surface area (Å²) >= 11 is 1.75. The van der Waals surface area contributed by atoms with Crippen LogP contribution < -0.4 is 0 Å². The highest BCUT2D eigenvalue weighted by Gasteiger charge is 2.18. The smallest absolute Gasteiger partial charge is 0.130 e. The minimum Gasteiger partial charge on any atom is -0.300 e. The summed E-state index contributed by atoms with van der Waals surface area (Å²) in [5.41, 5.74) is 0. The summed E-state index contributed by atoms with van der Waals surface area (Å²) in [5, 5.41) is 2.07. The first-order valence-corrected chi connectivity index (χ1v) is 5.52. The van der Waals surface area contributed by atoms with Gasteiger partial charge in [-0.2, -0.15) is 0 Å².